The molecule has 0 unspecified atom stereocenters. The number of rotatable bonds is 5. The number of hydrogen-bond donors (Lipinski definition) is 1. The van der Waals surface area contributed by atoms with Crippen molar-refractivity contribution in [3.05, 3.63) is 52.6 Å². The van der Waals surface area contributed by atoms with Gasteiger partial charge in [-0.3, -0.25) is 4.79 Å². The van der Waals surface area contributed by atoms with Gasteiger partial charge in [-0.15, -0.1) is 0 Å². The molecule has 26 heavy (non-hydrogen) atoms. The highest BCUT2D eigenvalue weighted by molar-refractivity contribution is 9.10. The van der Waals surface area contributed by atoms with Crippen molar-refractivity contribution in [2.45, 2.75) is 0 Å². The topological polar surface area (TPSA) is 63.7 Å². The number of hydrogen-bond acceptors (Lipinski definition) is 5. The van der Waals surface area contributed by atoms with Gasteiger partial charge in [0.2, 0.25) is 5.91 Å². The van der Waals surface area contributed by atoms with E-state index in [1.807, 2.05) is 24.3 Å². The number of aromatic nitrogens is 1. The van der Waals surface area contributed by atoms with Crippen LogP contribution in [0.4, 0.5) is 11.5 Å². The summed E-state index contributed by atoms with van der Waals surface area (Å²) in [7, 11) is 1.60. The summed E-state index contributed by atoms with van der Waals surface area (Å²) in [6, 6.07) is 9.29. The van der Waals surface area contributed by atoms with Crippen LogP contribution in [0.25, 0.3) is 6.08 Å². The summed E-state index contributed by atoms with van der Waals surface area (Å²) in [6.45, 7) is 2.83. The minimum atomic E-state index is -0.227. The molecule has 1 aliphatic rings. The molecule has 1 amide bonds. The van der Waals surface area contributed by atoms with Gasteiger partial charge >= 0.3 is 0 Å². The zero-order valence-electron chi connectivity index (χ0n) is 14.4. The van der Waals surface area contributed by atoms with E-state index in [2.05, 4.69) is 31.1 Å². The monoisotopic (exact) mass is 417 g/mol. The molecule has 0 atom stereocenters. The predicted octanol–water partition coefficient (Wildman–Crippen LogP) is 3.34. The summed E-state index contributed by atoms with van der Waals surface area (Å²) in [6.07, 6.45) is 4.94. The van der Waals surface area contributed by atoms with Gasteiger partial charge in [-0.1, -0.05) is 15.9 Å². The lowest BCUT2D eigenvalue weighted by Gasteiger charge is -2.29. The summed E-state index contributed by atoms with van der Waals surface area (Å²) >= 11 is 3.43. The Labute approximate surface area is 160 Å². The van der Waals surface area contributed by atoms with Gasteiger partial charge in [-0.2, -0.15) is 0 Å². The van der Waals surface area contributed by atoms with Gasteiger partial charge in [0.25, 0.3) is 0 Å². The molecule has 0 aliphatic carbocycles. The third-order valence-corrected chi connectivity index (χ3v) is 4.45. The number of methoxy groups -OCH3 is 1. The van der Waals surface area contributed by atoms with Gasteiger partial charge in [0.05, 0.1) is 26.0 Å². The van der Waals surface area contributed by atoms with Gasteiger partial charge in [0.1, 0.15) is 5.75 Å². The van der Waals surface area contributed by atoms with Crippen LogP contribution < -0.4 is 15.0 Å². The molecule has 1 aliphatic heterocycles. The van der Waals surface area contributed by atoms with Crippen LogP contribution in [0.5, 0.6) is 5.75 Å². The largest absolute Gasteiger partial charge is 0.496 e. The predicted molar refractivity (Wildman–Crippen MR) is 106 cm³/mol. The molecule has 0 bridgehead atoms. The van der Waals surface area contributed by atoms with Gasteiger partial charge in [-0.25, -0.2) is 4.98 Å². The van der Waals surface area contributed by atoms with Gasteiger partial charge in [0, 0.05) is 35.4 Å². The van der Waals surface area contributed by atoms with E-state index in [0.717, 1.165) is 28.9 Å². The number of nitrogens with zero attached hydrogens (tertiary/aromatic N) is 2. The molecular weight excluding hydrogens is 398 g/mol. The van der Waals surface area contributed by atoms with E-state index in [1.165, 1.54) is 6.08 Å². The van der Waals surface area contributed by atoms with Crippen LogP contribution in [0, 0.1) is 0 Å². The number of ether oxygens (including phenoxy) is 2. The Morgan fingerprint density at radius 2 is 2.15 bits per heavy atom. The molecule has 3 rings (SSSR count). The zero-order chi connectivity index (χ0) is 18.4. The zero-order valence-corrected chi connectivity index (χ0v) is 16.0. The van der Waals surface area contributed by atoms with Crippen molar-refractivity contribution >= 4 is 39.4 Å². The quantitative estimate of drug-likeness (QED) is 0.755. The van der Waals surface area contributed by atoms with Gasteiger partial charge < -0.3 is 19.7 Å². The summed E-state index contributed by atoms with van der Waals surface area (Å²) in [5.41, 5.74) is 1.50. The SMILES string of the molecule is COc1ccc(Br)cc1C=CC(=O)Nc1cccnc1N1CCOCC1. The van der Waals surface area contributed by atoms with Crippen LogP contribution in [-0.2, 0) is 9.53 Å². The first-order chi connectivity index (χ1) is 12.7. The van der Waals surface area contributed by atoms with Crippen molar-refractivity contribution in [1.82, 2.24) is 4.98 Å². The molecule has 0 spiro atoms. The second-order valence-electron chi connectivity index (χ2n) is 5.68. The molecule has 1 N–H and O–H groups in total. The van der Waals surface area contributed by atoms with Crippen molar-refractivity contribution in [1.29, 1.82) is 0 Å². The van der Waals surface area contributed by atoms with Crippen molar-refractivity contribution in [3.63, 3.8) is 0 Å². The third kappa shape index (κ3) is 4.62. The second-order valence-corrected chi connectivity index (χ2v) is 6.60. The molecule has 0 radical (unpaired) electrons. The van der Waals surface area contributed by atoms with Crippen molar-refractivity contribution in [2.75, 3.05) is 43.6 Å². The number of halogens is 1. The molecule has 1 saturated heterocycles. The molecule has 1 fully saturated rings. The Morgan fingerprint density at radius 1 is 1.35 bits per heavy atom. The lowest BCUT2D eigenvalue weighted by molar-refractivity contribution is -0.111. The summed E-state index contributed by atoms with van der Waals surface area (Å²) in [5, 5.41) is 2.91. The third-order valence-electron chi connectivity index (χ3n) is 3.96. The van der Waals surface area contributed by atoms with Crippen LogP contribution in [0.15, 0.2) is 47.1 Å². The smallest absolute Gasteiger partial charge is 0.248 e. The molecular formula is C19H20BrN3O3. The number of pyridine rings is 1. The average Bonchev–Trinajstić information content (AvgIpc) is 2.67. The van der Waals surface area contributed by atoms with E-state index in [9.17, 15) is 4.79 Å². The lowest BCUT2D eigenvalue weighted by atomic mass is 10.2. The Balaban J connectivity index is 1.73. The van der Waals surface area contributed by atoms with E-state index in [1.54, 1.807) is 25.4 Å². The fourth-order valence-electron chi connectivity index (χ4n) is 2.70. The lowest BCUT2D eigenvalue weighted by Crippen LogP contribution is -2.37. The highest BCUT2D eigenvalue weighted by Crippen LogP contribution is 2.25. The van der Waals surface area contributed by atoms with Crippen molar-refractivity contribution in [3.8, 4) is 5.75 Å². The highest BCUT2D eigenvalue weighted by Gasteiger charge is 2.16. The van der Waals surface area contributed by atoms with Gasteiger partial charge in [0.15, 0.2) is 5.82 Å². The van der Waals surface area contributed by atoms with Crippen LogP contribution in [-0.4, -0.2) is 44.3 Å². The molecule has 7 heteroatoms. The molecule has 1 aromatic carbocycles. The number of amides is 1. The van der Waals surface area contributed by atoms with E-state index >= 15 is 0 Å². The average molecular weight is 418 g/mol. The Bertz CT molecular complexity index is 804. The molecule has 6 nitrogen and oxygen atoms in total. The second kappa shape index (κ2) is 8.82. The first-order valence-corrected chi connectivity index (χ1v) is 9.07. The maximum absolute atomic E-state index is 12.4. The number of carbonyl (C=O) groups excluding carboxylic acids is 1. The van der Waals surface area contributed by atoms with Crippen LogP contribution in [0.2, 0.25) is 0 Å². The van der Waals surface area contributed by atoms with E-state index in [-0.39, 0.29) is 5.91 Å². The standard InChI is InChI=1S/C19H20BrN3O3/c1-25-17-6-5-15(20)13-14(17)4-7-18(24)22-16-3-2-8-21-19(16)23-9-11-26-12-10-23/h2-8,13H,9-12H2,1H3,(H,22,24). The minimum absolute atomic E-state index is 0.227. The first kappa shape index (κ1) is 18.4. The van der Waals surface area contributed by atoms with E-state index in [4.69, 9.17) is 9.47 Å². The molecule has 2 heterocycles. The maximum Gasteiger partial charge on any atom is 0.248 e. The number of anilines is 2. The Morgan fingerprint density at radius 3 is 2.92 bits per heavy atom. The van der Waals surface area contributed by atoms with Crippen LogP contribution in [0.1, 0.15) is 5.56 Å². The fourth-order valence-corrected chi connectivity index (χ4v) is 3.08. The molecule has 2 aromatic rings. The number of benzene rings is 1. The number of nitrogens with one attached hydrogen (secondary N) is 1. The first-order valence-electron chi connectivity index (χ1n) is 8.27. The van der Waals surface area contributed by atoms with Crippen LogP contribution >= 0.6 is 15.9 Å². The Kier molecular flexibility index (Phi) is 6.25. The van der Waals surface area contributed by atoms with E-state index < -0.39 is 0 Å². The molecule has 136 valence electrons. The van der Waals surface area contributed by atoms with Crippen molar-refractivity contribution < 1.29 is 14.3 Å². The number of morpholine rings is 1. The molecule has 1 aromatic heterocycles. The van der Waals surface area contributed by atoms with E-state index in [0.29, 0.717) is 24.7 Å². The summed E-state index contributed by atoms with van der Waals surface area (Å²) in [4.78, 5) is 18.9. The van der Waals surface area contributed by atoms with Gasteiger partial charge in [-0.05, 0) is 36.4 Å². The van der Waals surface area contributed by atoms with Crippen molar-refractivity contribution in [2.24, 2.45) is 0 Å². The fraction of sp³-hybridized carbons (Fsp3) is 0.263. The highest BCUT2D eigenvalue weighted by atomic mass is 79.9. The maximum atomic E-state index is 12.4. The normalized spacial score (nSPS) is 14.5. The number of carbonyl (C=O) groups is 1. The minimum Gasteiger partial charge on any atom is -0.496 e. The van der Waals surface area contributed by atoms with Crippen LogP contribution in [0.3, 0.4) is 0 Å². The summed E-state index contributed by atoms with van der Waals surface area (Å²) < 4.78 is 11.6. The summed E-state index contributed by atoms with van der Waals surface area (Å²) in [5.74, 6) is 1.24. The molecule has 0 saturated carbocycles. The Hall–Kier alpha value is -2.38.